The number of carbonyl (C=O) groups is 2. The van der Waals surface area contributed by atoms with Gasteiger partial charge in [-0.15, -0.1) is 0 Å². The molecule has 3 aromatic rings. The highest BCUT2D eigenvalue weighted by Crippen LogP contribution is 2.22. The lowest BCUT2D eigenvalue weighted by Gasteiger charge is -2.22. The van der Waals surface area contributed by atoms with Crippen LogP contribution in [-0.2, 0) is 36.1 Å². The van der Waals surface area contributed by atoms with Gasteiger partial charge in [0.05, 0.1) is 33.0 Å². The summed E-state index contributed by atoms with van der Waals surface area (Å²) in [6.07, 6.45) is 3.25. The topological polar surface area (TPSA) is 158 Å². The molecule has 41 heavy (non-hydrogen) atoms. The van der Waals surface area contributed by atoms with Gasteiger partial charge < -0.3 is 9.30 Å². The molecule has 224 valence electrons. The highest BCUT2D eigenvalue weighted by atomic mass is 32.2. The van der Waals surface area contributed by atoms with Gasteiger partial charge in [0.1, 0.15) is 0 Å². The summed E-state index contributed by atoms with van der Waals surface area (Å²) in [5.74, 6) is -1.05. The van der Waals surface area contributed by atoms with Gasteiger partial charge in [-0.05, 0) is 62.2 Å². The number of sulfonamides is 2. The Hall–Kier alpha value is -2.91. The molecule has 0 radical (unpaired) electrons. The number of aromatic nitrogens is 1. The summed E-state index contributed by atoms with van der Waals surface area (Å²) in [7, 11) is -7.68. The normalized spacial score (nSPS) is 12.8. The molecule has 1 amide bonds. The summed E-state index contributed by atoms with van der Waals surface area (Å²) >= 11 is 1.07. The fourth-order valence-electron chi connectivity index (χ4n) is 4.06. The first kappa shape index (κ1) is 32.6. The quantitative estimate of drug-likeness (QED) is 0.268. The Bertz CT molecular complexity index is 1650. The summed E-state index contributed by atoms with van der Waals surface area (Å²) in [4.78, 5) is 29.6. The van der Waals surface area contributed by atoms with E-state index in [4.69, 9.17) is 9.88 Å². The van der Waals surface area contributed by atoms with E-state index in [2.05, 4.69) is 4.99 Å². The smallest absolute Gasteiger partial charge is 0.307 e. The number of ether oxygens (including phenoxy) is 1. The maximum Gasteiger partial charge on any atom is 0.307 e. The van der Waals surface area contributed by atoms with Crippen molar-refractivity contribution < 1.29 is 31.2 Å². The van der Waals surface area contributed by atoms with Gasteiger partial charge in [0, 0.05) is 25.2 Å². The molecule has 11 nitrogen and oxygen atoms in total. The first-order chi connectivity index (χ1) is 19.4. The molecule has 14 heteroatoms. The molecule has 2 N–H and O–H groups in total. The predicted octanol–water partition coefficient (Wildman–Crippen LogP) is 3.64. The van der Waals surface area contributed by atoms with Crippen molar-refractivity contribution in [2.75, 3.05) is 19.7 Å². The zero-order valence-electron chi connectivity index (χ0n) is 23.4. The zero-order valence-corrected chi connectivity index (χ0v) is 25.9. The van der Waals surface area contributed by atoms with Gasteiger partial charge in [0.15, 0.2) is 4.80 Å². The third-order valence-corrected chi connectivity index (χ3v) is 10.2. The van der Waals surface area contributed by atoms with Crippen LogP contribution in [0.3, 0.4) is 0 Å². The minimum absolute atomic E-state index is 0.0110. The summed E-state index contributed by atoms with van der Waals surface area (Å²) in [5, 5.41) is 5.28. The minimum atomic E-state index is -3.96. The second-order valence-electron chi connectivity index (χ2n) is 9.32. The van der Waals surface area contributed by atoms with Crippen LogP contribution in [-0.4, -0.2) is 57.3 Å². The Balaban J connectivity index is 1.98. The summed E-state index contributed by atoms with van der Waals surface area (Å²) in [6.45, 7) is 6.93. The standard InChI is InChI=1S/C27H36N4O7S3/c1-4-7-16-30(17-8-5-2)41(36,37)21-11-9-20(10-12-21)26(33)29-27-31(18-15-25(32)38-6-3)23-14-13-22(40(28,34)35)19-24(23)39-27/h9-14,19H,4-8,15-18H2,1-3H3,(H2,28,34,35). The van der Waals surface area contributed by atoms with E-state index in [9.17, 15) is 26.4 Å². The van der Waals surface area contributed by atoms with E-state index in [0.717, 1.165) is 37.0 Å². The van der Waals surface area contributed by atoms with E-state index in [-0.39, 0.29) is 39.7 Å². The fourth-order valence-corrected chi connectivity index (χ4v) is 7.28. The van der Waals surface area contributed by atoms with E-state index in [1.54, 1.807) is 17.6 Å². The van der Waals surface area contributed by atoms with Crippen LogP contribution in [0, 0.1) is 0 Å². The number of nitrogens with two attached hydrogens (primary N) is 1. The van der Waals surface area contributed by atoms with Crippen LogP contribution in [0.25, 0.3) is 10.2 Å². The van der Waals surface area contributed by atoms with Gasteiger partial charge in [-0.25, -0.2) is 22.0 Å². The number of primary sulfonamides is 1. The maximum absolute atomic E-state index is 13.3. The molecular weight excluding hydrogens is 589 g/mol. The number of hydrogen-bond donors (Lipinski definition) is 1. The number of rotatable bonds is 14. The third-order valence-electron chi connectivity index (χ3n) is 6.29. The van der Waals surface area contributed by atoms with E-state index >= 15 is 0 Å². The van der Waals surface area contributed by atoms with E-state index in [0.29, 0.717) is 23.3 Å². The molecule has 0 saturated carbocycles. The molecule has 3 rings (SSSR count). The molecule has 0 saturated heterocycles. The molecule has 0 aliphatic heterocycles. The Morgan fingerprint density at radius 3 is 2.12 bits per heavy atom. The number of aryl methyl sites for hydroxylation is 1. The van der Waals surface area contributed by atoms with Crippen LogP contribution in [0.1, 0.15) is 63.2 Å². The second kappa shape index (κ2) is 14.3. The van der Waals surface area contributed by atoms with E-state index in [1.807, 2.05) is 13.8 Å². The van der Waals surface area contributed by atoms with Crippen LogP contribution in [0.4, 0.5) is 0 Å². The highest BCUT2D eigenvalue weighted by Gasteiger charge is 2.24. The lowest BCUT2D eigenvalue weighted by molar-refractivity contribution is -0.143. The van der Waals surface area contributed by atoms with Gasteiger partial charge in [-0.2, -0.15) is 9.30 Å². The van der Waals surface area contributed by atoms with Gasteiger partial charge in [0.25, 0.3) is 5.91 Å². The predicted molar refractivity (Wildman–Crippen MR) is 157 cm³/mol. The fraction of sp³-hybridized carbons (Fsp3) is 0.444. The number of fused-ring (bicyclic) bond motifs is 1. The summed E-state index contributed by atoms with van der Waals surface area (Å²) in [5.41, 5.74) is 0.746. The second-order valence-corrected chi connectivity index (χ2v) is 13.8. The Kier molecular flexibility index (Phi) is 11.4. The maximum atomic E-state index is 13.3. The van der Waals surface area contributed by atoms with E-state index < -0.39 is 31.9 Å². The molecule has 0 aliphatic rings. The number of unbranched alkanes of at least 4 members (excludes halogenated alkanes) is 2. The van der Waals surface area contributed by atoms with Crippen LogP contribution in [0.15, 0.2) is 57.2 Å². The number of amides is 1. The highest BCUT2D eigenvalue weighted by molar-refractivity contribution is 7.89. The molecule has 0 fully saturated rings. The largest absolute Gasteiger partial charge is 0.466 e. The first-order valence-electron chi connectivity index (χ1n) is 13.4. The molecule has 0 unspecified atom stereocenters. The molecule has 0 bridgehead atoms. The third kappa shape index (κ3) is 8.32. The number of hydrogen-bond acceptors (Lipinski definition) is 8. The Morgan fingerprint density at radius 2 is 1.56 bits per heavy atom. The van der Waals surface area contributed by atoms with Crippen molar-refractivity contribution in [3.63, 3.8) is 0 Å². The van der Waals surface area contributed by atoms with Gasteiger partial charge in [-0.3, -0.25) is 9.59 Å². The molecule has 1 heterocycles. The van der Waals surface area contributed by atoms with Crippen LogP contribution in [0.5, 0.6) is 0 Å². The number of nitrogens with zero attached hydrogens (tertiary/aromatic N) is 3. The number of esters is 1. The first-order valence-corrected chi connectivity index (χ1v) is 17.2. The van der Waals surface area contributed by atoms with Crippen molar-refractivity contribution >= 4 is 53.5 Å². The Labute approximate surface area is 244 Å². The van der Waals surface area contributed by atoms with Crippen molar-refractivity contribution in [1.82, 2.24) is 8.87 Å². The molecule has 0 atom stereocenters. The number of thiazole rings is 1. The molecular formula is C27H36N4O7S3. The van der Waals surface area contributed by atoms with Crippen molar-refractivity contribution in [2.24, 2.45) is 10.1 Å². The SMILES string of the molecule is CCCCN(CCCC)S(=O)(=O)c1ccc(C(=O)N=c2sc3cc(S(N)(=O)=O)ccc3n2CCC(=O)OCC)cc1. The molecule has 2 aromatic carbocycles. The van der Waals surface area contributed by atoms with Gasteiger partial charge in [-0.1, -0.05) is 38.0 Å². The van der Waals surface area contributed by atoms with Crippen LogP contribution in [0.2, 0.25) is 0 Å². The summed E-state index contributed by atoms with van der Waals surface area (Å²) in [6, 6.07) is 9.94. The van der Waals surface area contributed by atoms with Crippen LogP contribution >= 0.6 is 11.3 Å². The van der Waals surface area contributed by atoms with Gasteiger partial charge in [0.2, 0.25) is 20.0 Å². The zero-order chi connectivity index (χ0) is 30.2. The average molecular weight is 625 g/mol. The monoisotopic (exact) mass is 624 g/mol. The lowest BCUT2D eigenvalue weighted by Crippen LogP contribution is -2.33. The van der Waals surface area contributed by atoms with E-state index in [1.165, 1.54) is 40.7 Å². The summed E-state index contributed by atoms with van der Waals surface area (Å²) < 4.78 is 58.9. The van der Waals surface area contributed by atoms with Gasteiger partial charge >= 0.3 is 5.97 Å². The van der Waals surface area contributed by atoms with Crippen LogP contribution < -0.4 is 9.94 Å². The van der Waals surface area contributed by atoms with Crippen molar-refractivity contribution in [2.45, 2.75) is 69.2 Å². The number of benzene rings is 2. The molecule has 0 aliphatic carbocycles. The van der Waals surface area contributed by atoms with Crippen molar-refractivity contribution in [3.05, 3.63) is 52.8 Å². The molecule has 0 spiro atoms. The van der Waals surface area contributed by atoms with Crippen molar-refractivity contribution in [1.29, 1.82) is 0 Å². The lowest BCUT2D eigenvalue weighted by atomic mass is 10.2. The Morgan fingerprint density at radius 1 is 0.951 bits per heavy atom. The molecule has 1 aromatic heterocycles. The average Bonchev–Trinajstić information content (AvgIpc) is 3.27. The number of carbonyl (C=O) groups excluding carboxylic acids is 2. The van der Waals surface area contributed by atoms with Crippen molar-refractivity contribution in [3.8, 4) is 0 Å². The minimum Gasteiger partial charge on any atom is -0.466 e.